The molecule has 0 saturated carbocycles. The zero-order valence-electron chi connectivity index (χ0n) is 14.7. The van der Waals surface area contributed by atoms with Gasteiger partial charge in [0.25, 0.3) is 0 Å². The molecule has 1 fully saturated rings. The average molecular weight is 346 g/mol. The summed E-state index contributed by atoms with van der Waals surface area (Å²) in [7, 11) is 0. The SMILES string of the molecule is Cc1nc(N2C(C)CN(c3ncnc(C(C)O)n3)CC2C)nc(=O)[nH]1. The Labute approximate surface area is 145 Å². The van der Waals surface area contributed by atoms with Crippen LogP contribution in [0.4, 0.5) is 11.9 Å². The Morgan fingerprint density at radius 2 is 1.84 bits per heavy atom. The van der Waals surface area contributed by atoms with Gasteiger partial charge in [0, 0.05) is 25.2 Å². The lowest BCUT2D eigenvalue weighted by Crippen LogP contribution is -2.58. The largest absolute Gasteiger partial charge is 0.385 e. The van der Waals surface area contributed by atoms with E-state index in [9.17, 15) is 9.90 Å². The molecule has 0 spiro atoms. The molecule has 134 valence electrons. The van der Waals surface area contributed by atoms with Crippen LogP contribution in [0.5, 0.6) is 0 Å². The summed E-state index contributed by atoms with van der Waals surface area (Å²) in [5.41, 5.74) is -0.400. The van der Waals surface area contributed by atoms with Crippen molar-refractivity contribution >= 4 is 11.9 Å². The lowest BCUT2D eigenvalue weighted by atomic mass is 10.1. The minimum absolute atomic E-state index is 0.0525. The molecule has 0 amide bonds. The van der Waals surface area contributed by atoms with Crippen LogP contribution in [-0.2, 0) is 0 Å². The Morgan fingerprint density at radius 1 is 1.16 bits per heavy atom. The highest BCUT2D eigenvalue weighted by molar-refractivity contribution is 5.40. The van der Waals surface area contributed by atoms with Gasteiger partial charge in [0.2, 0.25) is 11.9 Å². The topological polar surface area (TPSA) is 124 Å². The van der Waals surface area contributed by atoms with Gasteiger partial charge < -0.3 is 14.9 Å². The zero-order valence-corrected chi connectivity index (χ0v) is 14.7. The number of aryl methyl sites for hydroxylation is 1. The monoisotopic (exact) mass is 346 g/mol. The van der Waals surface area contributed by atoms with Gasteiger partial charge in [0.05, 0.1) is 0 Å². The Balaban J connectivity index is 1.85. The van der Waals surface area contributed by atoms with Crippen molar-refractivity contribution in [2.75, 3.05) is 22.9 Å². The Kier molecular flexibility index (Phi) is 4.62. The zero-order chi connectivity index (χ0) is 18.1. The second-order valence-electron chi connectivity index (χ2n) is 6.37. The number of aliphatic hydroxyl groups is 1. The molecule has 1 aliphatic heterocycles. The fourth-order valence-corrected chi connectivity index (χ4v) is 3.13. The van der Waals surface area contributed by atoms with Crippen LogP contribution >= 0.6 is 0 Å². The fourth-order valence-electron chi connectivity index (χ4n) is 3.13. The molecule has 0 aliphatic carbocycles. The van der Waals surface area contributed by atoms with Gasteiger partial charge in [-0.05, 0) is 27.7 Å². The Bertz CT molecular complexity index is 796. The van der Waals surface area contributed by atoms with E-state index in [4.69, 9.17) is 0 Å². The van der Waals surface area contributed by atoms with Crippen molar-refractivity contribution < 1.29 is 5.11 Å². The predicted octanol–water partition coefficient (Wildman–Crippen LogP) is -0.185. The highest BCUT2D eigenvalue weighted by Gasteiger charge is 2.33. The van der Waals surface area contributed by atoms with E-state index in [1.165, 1.54) is 6.33 Å². The molecule has 2 aromatic heterocycles. The van der Waals surface area contributed by atoms with Crippen LogP contribution in [0.1, 0.15) is 38.5 Å². The first-order valence-electron chi connectivity index (χ1n) is 8.20. The maximum absolute atomic E-state index is 11.7. The number of aromatic nitrogens is 6. The van der Waals surface area contributed by atoms with Crippen LogP contribution in [0.2, 0.25) is 0 Å². The van der Waals surface area contributed by atoms with Crippen LogP contribution in [0.3, 0.4) is 0 Å². The van der Waals surface area contributed by atoms with Crippen molar-refractivity contribution in [1.29, 1.82) is 0 Å². The summed E-state index contributed by atoms with van der Waals surface area (Å²) in [6, 6.07) is 0.105. The molecular weight excluding hydrogens is 324 g/mol. The Morgan fingerprint density at radius 3 is 2.44 bits per heavy atom. The summed E-state index contributed by atoms with van der Waals surface area (Å²) in [4.78, 5) is 39.2. The molecule has 10 heteroatoms. The molecule has 25 heavy (non-hydrogen) atoms. The fraction of sp³-hybridized carbons (Fsp3) is 0.600. The van der Waals surface area contributed by atoms with Crippen LogP contribution in [0.25, 0.3) is 0 Å². The second-order valence-corrected chi connectivity index (χ2v) is 6.37. The summed E-state index contributed by atoms with van der Waals surface area (Å²) < 4.78 is 0. The molecule has 2 aromatic rings. The first-order chi connectivity index (χ1) is 11.8. The van der Waals surface area contributed by atoms with E-state index in [2.05, 4.69) is 29.9 Å². The van der Waals surface area contributed by atoms with Gasteiger partial charge in [-0.1, -0.05) is 0 Å². The molecule has 0 bridgehead atoms. The predicted molar refractivity (Wildman–Crippen MR) is 91.5 cm³/mol. The van der Waals surface area contributed by atoms with Crippen LogP contribution in [0.15, 0.2) is 11.1 Å². The minimum atomic E-state index is -0.745. The first-order valence-corrected chi connectivity index (χ1v) is 8.20. The third kappa shape index (κ3) is 3.58. The van der Waals surface area contributed by atoms with Crippen molar-refractivity contribution in [2.24, 2.45) is 0 Å². The normalized spacial score (nSPS) is 22.1. The number of H-pyrrole nitrogens is 1. The number of aromatic amines is 1. The molecule has 10 nitrogen and oxygen atoms in total. The summed E-state index contributed by atoms with van der Waals surface area (Å²) in [5, 5.41) is 9.66. The van der Waals surface area contributed by atoms with E-state index in [-0.39, 0.29) is 12.1 Å². The molecule has 3 rings (SSSR count). The van der Waals surface area contributed by atoms with Crippen molar-refractivity contribution in [1.82, 2.24) is 29.9 Å². The Hall–Kier alpha value is -2.62. The van der Waals surface area contributed by atoms with Crippen molar-refractivity contribution in [3.63, 3.8) is 0 Å². The van der Waals surface area contributed by atoms with Gasteiger partial charge >= 0.3 is 5.69 Å². The van der Waals surface area contributed by atoms with Gasteiger partial charge in [-0.2, -0.15) is 15.0 Å². The highest BCUT2D eigenvalue weighted by Crippen LogP contribution is 2.23. The molecular formula is C15H22N8O2. The average Bonchev–Trinajstić information content (AvgIpc) is 2.53. The van der Waals surface area contributed by atoms with Gasteiger partial charge in [-0.15, -0.1) is 0 Å². The maximum Gasteiger partial charge on any atom is 0.349 e. The van der Waals surface area contributed by atoms with Crippen molar-refractivity contribution in [3.05, 3.63) is 28.5 Å². The minimum Gasteiger partial charge on any atom is -0.385 e. The quantitative estimate of drug-likeness (QED) is 0.778. The van der Waals surface area contributed by atoms with E-state index in [1.54, 1.807) is 13.8 Å². The number of hydrogen-bond acceptors (Lipinski definition) is 9. The van der Waals surface area contributed by atoms with E-state index in [0.29, 0.717) is 36.6 Å². The summed E-state index contributed by atoms with van der Waals surface area (Å²) >= 11 is 0. The summed E-state index contributed by atoms with van der Waals surface area (Å²) in [5.74, 6) is 1.85. The summed E-state index contributed by atoms with van der Waals surface area (Å²) in [6.07, 6.45) is 0.667. The van der Waals surface area contributed by atoms with Crippen molar-refractivity contribution in [3.8, 4) is 0 Å². The van der Waals surface area contributed by atoms with E-state index in [0.717, 1.165) is 0 Å². The van der Waals surface area contributed by atoms with Crippen LogP contribution in [0, 0.1) is 6.92 Å². The van der Waals surface area contributed by atoms with Crippen molar-refractivity contribution in [2.45, 2.75) is 45.9 Å². The molecule has 1 saturated heterocycles. The van der Waals surface area contributed by atoms with E-state index in [1.807, 2.05) is 23.6 Å². The molecule has 3 atom stereocenters. The molecule has 0 radical (unpaired) electrons. The number of rotatable bonds is 3. The van der Waals surface area contributed by atoms with Gasteiger partial charge in [0.1, 0.15) is 18.3 Å². The maximum atomic E-state index is 11.7. The third-order valence-electron chi connectivity index (χ3n) is 4.14. The summed E-state index contributed by atoms with van der Waals surface area (Å²) in [6.45, 7) is 8.72. The smallest absolute Gasteiger partial charge is 0.349 e. The number of hydrogen-bond donors (Lipinski definition) is 2. The van der Waals surface area contributed by atoms with E-state index >= 15 is 0 Å². The standard InChI is InChI=1S/C15H22N8O2/c1-8-5-22(13-17-7-16-12(20-13)10(3)24)6-9(2)23(8)14-18-11(4)19-15(25)21-14/h7-10,24H,5-6H2,1-4H3,(H,18,19,21,25). The number of piperazine rings is 1. The molecule has 3 heterocycles. The lowest BCUT2D eigenvalue weighted by Gasteiger charge is -2.44. The number of nitrogens with one attached hydrogen (secondary N) is 1. The van der Waals surface area contributed by atoms with Crippen LogP contribution < -0.4 is 15.5 Å². The van der Waals surface area contributed by atoms with Gasteiger partial charge in [-0.3, -0.25) is 4.98 Å². The van der Waals surface area contributed by atoms with Gasteiger partial charge in [-0.25, -0.2) is 14.8 Å². The number of aliphatic hydroxyl groups excluding tert-OH is 1. The molecule has 2 N–H and O–H groups in total. The molecule has 1 aliphatic rings. The number of nitrogens with zero attached hydrogens (tertiary/aromatic N) is 7. The highest BCUT2D eigenvalue weighted by atomic mass is 16.3. The first kappa shape index (κ1) is 17.2. The van der Waals surface area contributed by atoms with Crippen LogP contribution in [-0.4, -0.2) is 60.2 Å². The van der Waals surface area contributed by atoms with E-state index < -0.39 is 11.8 Å². The number of anilines is 2. The third-order valence-corrected chi connectivity index (χ3v) is 4.14. The molecule has 0 aromatic carbocycles. The molecule has 3 unspecified atom stereocenters. The lowest BCUT2D eigenvalue weighted by molar-refractivity contribution is 0.188. The second kappa shape index (κ2) is 6.71. The van der Waals surface area contributed by atoms with Gasteiger partial charge in [0.15, 0.2) is 5.82 Å².